The van der Waals surface area contributed by atoms with Crippen molar-refractivity contribution in [3.8, 4) is 11.4 Å². The molecule has 1 amide bonds. The second-order valence-electron chi connectivity index (χ2n) is 9.37. The number of piperazine rings is 1. The number of aliphatic hydroxyl groups is 1. The summed E-state index contributed by atoms with van der Waals surface area (Å²) < 4.78 is 0.934. The zero-order valence-corrected chi connectivity index (χ0v) is 22.3. The minimum Gasteiger partial charge on any atom is -0.387 e. The number of nitrogens with zero attached hydrogens (tertiary/aromatic N) is 3. The second-order valence-corrected chi connectivity index (χ2v) is 10.2. The smallest absolute Gasteiger partial charge is 0.261 e. The van der Waals surface area contributed by atoms with Gasteiger partial charge in [0.25, 0.3) is 5.56 Å². The number of carbonyl (C=O) groups excluding carboxylic acids is 1. The number of hydrogen-bond acceptors (Lipinski definition) is 6. The van der Waals surface area contributed by atoms with E-state index in [4.69, 9.17) is 4.98 Å². The Labute approximate surface area is 222 Å². The quantitative estimate of drug-likeness (QED) is 0.254. The number of aryl methyl sites for hydroxylation is 2. The fourth-order valence-corrected chi connectivity index (χ4v) is 5.06. The Kier molecular flexibility index (Phi) is 7.03. The minimum absolute atomic E-state index is 0.224. The highest BCUT2D eigenvalue weighted by atomic mass is 79.9. The molecule has 0 aliphatic carbocycles. The number of imidazole rings is 1. The van der Waals surface area contributed by atoms with Gasteiger partial charge in [-0.2, -0.15) is 0 Å². The van der Waals surface area contributed by atoms with Crippen molar-refractivity contribution in [2.75, 3.05) is 42.9 Å². The van der Waals surface area contributed by atoms with Gasteiger partial charge in [0.15, 0.2) is 0 Å². The third kappa shape index (κ3) is 5.12. The molecule has 1 saturated heterocycles. The summed E-state index contributed by atoms with van der Waals surface area (Å²) in [5.74, 6) is 0.456. The van der Waals surface area contributed by atoms with Crippen LogP contribution in [0, 0.1) is 13.8 Å². The summed E-state index contributed by atoms with van der Waals surface area (Å²) in [6.07, 6.45) is 1.71. The van der Waals surface area contributed by atoms with E-state index in [1.54, 1.807) is 17.2 Å². The number of aliphatic hydroxyl groups excluding tert-OH is 1. The maximum absolute atomic E-state index is 12.9. The van der Waals surface area contributed by atoms with Crippen LogP contribution >= 0.6 is 15.9 Å². The molecule has 5 rings (SSSR count). The molecule has 37 heavy (non-hydrogen) atoms. The van der Waals surface area contributed by atoms with Crippen molar-refractivity contribution in [3.63, 3.8) is 0 Å². The van der Waals surface area contributed by atoms with Crippen molar-refractivity contribution < 1.29 is 9.90 Å². The minimum atomic E-state index is -0.760. The Hall–Kier alpha value is -3.63. The number of hydrogen-bond donors (Lipinski definition) is 4. The number of fused-ring (bicyclic) bond motifs is 1. The van der Waals surface area contributed by atoms with E-state index >= 15 is 0 Å². The first kappa shape index (κ1) is 25.0. The van der Waals surface area contributed by atoms with Crippen LogP contribution in [0.1, 0.15) is 22.8 Å². The van der Waals surface area contributed by atoms with Crippen LogP contribution in [0.4, 0.5) is 11.4 Å². The molecule has 1 fully saturated rings. The van der Waals surface area contributed by atoms with E-state index in [0.29, 0.717) is 30.2 Å². The van der Waals surface area contributed by atoms with Gasteiger partial charge in [-0.15, -0.1) is 0 Å². The van der Waals surface area contributed by atoms with E-state index < -0.39 is 6.10 Å². The molecule has 0 spiro atoms. The van der Waals surface area contributed by atoms with E-state index in [9.17, 15) is 14.7 Å². The van der Waals surface area contributed by atoms with E-state index in [1.165, 1.54) is 0 Å². The maximum atomic E-state index is 12.9. The van der Waals surface area contributed by atoms with Gasteiger partial charge in [-0.1, -0.05) is 28.1 Å². The van der Waals surface area contributed by atoms with Gasteiger partial charge in [0.1, 0.15) is 11.4 Å². The first-order valence-electron chi connectivity index (χ1n) is 12.2. The lowest BCUT2D eigenvalue weighted by molar-refractivity contribution is -0.118. The average molecular weight is 565 g/mol. The first-order chi connectivity index (χ1) is 17.8. The monoisotopic (exact) mass is 564 g/mol. The summed E-state index contributed by atoms with van der Waals surface area (Å²) in [6.45, 7) is 7.12. The van der Waals surface area contributed by atoms with E-state index in [-0.39, 0.29) is 12.1 Å². The number of nitrogens with one attached hydrogen (secondary N) is 3. The van der Waals surface area contributed by atoms with Crippen molar-refractivity contribution in [1.29, 1.82) is 0 Å². The van der Waals surface area contributed by atoms with E-state index in [0.717, 1.165) is 57.4 Å². The molecular formula is C27H29BrN6O3. The first-order valence-corrected chi connectivity index (χ1v) is 13.0. The zero-order chi connectivity index (χ0) is 26.1. The third-order valence-electron chi connectivity index (χ3n) is 6.85. The molecule has 2 aromatic heterocycles. The molecule has 4 aromatic rings. The number of halogens is 1. The number of aromatic amines is 2. The molecule has 9 nitrogen and oxygen atoms in total. The summed E-state index contributed by atoms with van der Waals surface area (Å²) in [7, 11) is 0. The van der Waals surface area contributed by atoms with Gasteiger partial charge in [-0.25, -0.2) is 4.98 Å². The van der Waals surface area contributed by atoms with Gasteiger partial charge in [0.2, 0.25) is 6.41 Å². The Morgan fingerprint density at radius 3 is 2.65 bits per heavy atom. The molecule has 1 unspecified atom stereocenters. The van der Waals surface area contributed by atoms with Gasteiger partial charge in [0.05, 0.1) is 22.8 Å². The number of anilines is 2. The van der Waals surface area contributed by atoms with Crippen LogP contribution in [-0.2, 0) is 4.79 Å². The van der Waals surface area contributed by atoms with Crippen molar-refractivity contribution >= 4 is 44.7 Å². The molecule has 2 aromatic carbocycles. The highest BCUT2D eigenvalue weighted by Crippen LogP contribution is 2.30. The lowest BCUT2D eigenvalue weighted by atomic mass is 10.1. The van der Waals surface area contributed by atoms with Crippen LogP contribution in [0.25, 0.3) is 22.4 Å². The van der Waals surface area contributed by atoms with Gasteiger partial charge in [-0.05, 0) is 54.8 Å². The molecule has 0 saturated carbocycles. The van der Waals surface area contributed by atoms with Crippen LogP contribution in [0.5, 0.6) is 0 Å². The Bertz CT molecular complexity index is 1510. The molecule has 0 radical (unpaired) electrons. The molecule has 3 heterocycles. The molecule has 1 aliphatic rings. The number of rotatable bonds is 7. The highest BCUT2D eigenvalue weighted by Gasteiger charge is 2.20. The van der Waals surface area contributed by atoms with Crippen LogP contribution < -0.4 is 15.8 Å². The van der Waals surface area contributed by atoms with Gasteiger partial charge in [0, 0.05) is 49.1 Å². The van der Waals surface area contributed by atoms with Crippen molar-refractivity contribution in [2.45, 2.75) is 20.0 Å². The van der Waals surface area contributed by atoms with Gasteiger partial charge < -0.3 is 30.2 Å². The summed E-state index contributed by atoms with van der Waals surface area (Å²) in [5.41, 5.74) is 6.23. The average Bonchev–Trinajstić information content (AvgIpc) is 3.33. The van der Waals surface area contributed by atoms with Crippen LogP contribution in [0.2, 0.25) is 0 Å². The molecular weight excluding hydrogens is 536 g/mol. The summed E-state index contributed by atoms with van der Waals surface area (Å²) in [5, 5.41) is 14.0. The molecule has 1 aliphatic heterocycles. The van der Waals surface area contributed by atoms with Crippen LogP contribution in [0.3, 0.4) is 0 Å². The topological polar surface area (TPSA) is 117 Å². The zero-order valence-electron chi connectivity index (χ0n) is 20.7. The fourth-order valence-electron chi connectivity index (χ4n) is 4.66. The normalized spacial score (nSPS) is 14.7. The summed E-state index contributed by atoms with van der Waals surface area (Å²) in [4.78, 5) is 38.8. The maximum Gasteiger partial charge on any atom is 0.261 e. The van der Waals surface area contributed by atoms with Crippen molar-refractivity contribution in [2.24, 2.45) is 0 Å². The van der Waals surface area contributed by atoms with Gasteiger partial charge in [-0.3, -0.25) is 9.59 Å². The van der Waals surface area contributed by atoms with Crippen molar-refractivity contribution in [1.82, 2.24) is 19.9 Å². The number of H-pyrrole nitrogens is 2. The predicted molar refractivity (Wildman–Crippen MR) is 149 cm³/mol. The molecule has 192 valence electrons. The number of amides is 1. The van der Waals surface area contributed by atoms with Gasteiger partial charge >= 0.3 is 0 Å². The number of benzene rings is 2. The SMILES string of the molecule is Cc1ccc(C(O)CNc2cc[nH]c(=O)c2-c2nc3c(C)cc(N4CCN(C=O)CC4)cc3[nH]2)cc1Br. The molecule has 1 atom stereocenters. The largest absolute Gasteiger partial charge is 0.387 e. The lowest BCUT2D eigenvalue weighted by Crippen LogP contribution is -2.45. The summed E-state index contributed by atoms with van der Waals surface area (Å²) in [6, 6.07) is 11.6. The van der Waals surface area contributed by atoms with Crippen LogP contribution in [-0.4, -0.2) is 64.1 Å². The standard InChI is InChI=1S/C27H29BrN6O3/c1-16-3-4-18(12-20(16)28)23(36)14-30-21-5-6-29-27(37)24(21)26-31-22-13-19(11-17(2)25(22)32-26)34-9-7-33(15-35)8-10-34/h3-6,11-13,15,23,36H,7-10,14H2,1-2H3,(H,31,32)(H2,29,30,37). The highest BCUT2D eigenvalue weighted by molar-refractivity contribution is 9.10. The Morgan fingerprint density at radius 1 is 1.14 bits per heavy atom. The second kappa shape index (κ2) is 10.4. The fraction of sp³-hybridized carbons (Fsp3) is 0.296. The number of carbonyl (C=O) groups is 1. The van der Waals surface area contributed by atoms with Crippen molar-refractivity contribution in [3.05, 3.63) is 74.1 Å². The molecule has 10 heteroatoms. The van der Waals surface area contributed by atoms with E-state index in [1.807, 2.05) is 38.1 Å². The molecule has 0 bridgehead atoms. The lowest BCUT2D eigenvalue weighted by Gasteiger charge is -2.34. The Balaban J connectivity index is 1.42. The van der Waals surface area contributed by atoms with Crippen LogP contribution in [0.15, 0.2) is 51.9 Å². The van der Waals surface area contributed by atoms with E-state index in [2.05, 4.69) is 42.2 Å². The molecule has 4 N–H and O–H groups in total. The Morgan fingerprint density at radius 2 is 1.92 bits per heavy atom. The number of pyridine rings is 1. The predicted octanol–water partition coefficient (Wildman–Crippen LogP) is 3.72. The number of aromatic nitrogens is 3. The third-order valence-corrected chi connectivity index (χ3v) is 7.71. The summed E-state index contributed by atoms with van der Waals surface area (Å²) >= 11 is 3.51.